The number of amides is 1. The third-order valence-electron chi connectivity index (χ3n) is 3.71. The molecule has 122 valence electrons. The summed E-state index contributed by atoms with van der Waals surface area (Å²) in [6.45, 7) is 3.82. The summed E-state index contributed by atoms with van der Waals surface area (Å²) >= 11 is 0. The molecule has 0 atom stereocenters. The van der Waals surface area contributed by atoms with Gasteiger partial charge < -0.3 is 9.64 Å². The smallest absolute Gasteiger partial charge is 0.410 e. The summed E-state index contributed by atoms with van der Waals surface area (Å²) in [5.41, 5.74) is 2.35. The van der Waals surface area contributed by atoms with Gasteiger partial charge in [0, 0.05) is 13.1 Å². The summed E-state index contributed by atoms with van der Waals surface area (Å²) < 4.78 is 5.39. The van der Waals surface area contributed by atoms with Crippen molar-refractivity contribution in [2.24, 2.45) is 0 Å². The van der Waals surface area contributed by atoms with E-state index in [0.29, 0.717) is 19.7 Å². The maximum Gasteiger partial charge on any atom is 0.410 e. The fraction of sp³-hybridized carbons (Fsp3) is 0.350. The predicted molar refractivity (Wildman–Crippen MR) is 93.3 cm³/mol. The van der Waals surface area contributed by atoms with Gasteiger partial charge in [-0.1, -0.05) is 74.0 Å². The van der Waals surface area contributed by atoms with Crippen LogP contribution in [0.15, 0.2) is 60.7 Å². The van der Waals surface area contributed by atoms with Crippen LogP contribution in [-0.2, 0) is 17.7 Å². The molecule has 2 aromatic rings. The quantitative estimate of drug-likeness (QED) is 0.663. The molecule has 0 saturated carbocycles. The lowest BCUT2D eigenvalue weighted by molar-refractivity contribution is 0.0988. The second kappa shape index (κ2) is 9.67. The molecule has 2 rings (SSSR count). The molecule has 1 amide bonds. The van der Waals surface area contributed by atoms with Gasteiger partial charge in [-0.15, -0.1) is 0 Å². The number of ether oxygens (including phenoxy) is 1. The summed E-state index contributed by atoms with van der Waals surface area (Å²) in [5, 5.41) is 0. The van der Waals surface area contributed by atoms with Crippen molar-refractivity contribution in [1.29, 1.82) is 0 Å². The zero-order valence-electron chi connectivity index (χ0n) is 13.8. The SMILES string of the molecule is CCCCOC(=O)N(CCc1ccccc1)Cc1ccccc1. The second-order valence-corrected chi connectivity index (χ2v) is 5.61. The third-order valence-corrected chi connectivity index (χ3v) is 3.71. The molecule has 0 aliphatic carbocycles. The van der Waals surface area contributed by atoms with Crippen molar-refractivity contribution in [3.63, 3.8) is 0 Å². The minimum Gasteiger partial charge on any atom is -0.449 e. The van der Waals surface area contributed by atoms with Crippen molar-refractivity contribution < 1.29 is 9.53 Å². The molecule has 2 aromatic carbocycles. The summed E-state index contributed by atoms with van der Waals surface area (Å²) in [6, 6.07) is 20.3. The number of rotatable bonds is 8. The normalized spacial score (nSPS) is 10.3. The first-order valence-corrected chi connectivity index (χ1v) is 8.29. The number of hydrogen-bond donors (Lipinski definition) is 0. The van der Waals surface area contributed by atoms with E-state index in [4.69, 9.17) is 4.74 Å². The molecule has 0 heterocycles. The van der Waals surface area contributed by atoms with Crippen molar-refractivity contribution in [2.45, 2.75) is 32.7 Å². The van der Waals surface area contributed by atoms with E-state index < -0.39 is 0 Å². The first kappa shape index (κ1) is 17.1. The first-order valence-electron chi connectivity index (χ1n) is 8.29. The number of unbranched alkanes of at least 4 members (excludes halogenated alkanes) is 1. The number of carbonyl (C=O) groups is 1. The highest BCUT2D eigenvalue weighted by Crippen LogP contribution is 2.09. The number of carbonyl (C=O) groups excluding carboxylic acids is 1. The Morgan fingerprint density at radius 3 is 2.17 bits per heavy atom. The van der Waals surface area contributed by atoms with E-state index in [1.165, 1.54) is 5.56 Å². The van der Waals surface area contributed by atoms with Gasteiger partial charge in [0.2, 0.25) is 0 Å². The van der Waals surface area contributed by atoms with Gasteiger partial charge in [0.1, 0.15) is 0 Å². The molecular weight excluding hydrogens is 286 g/mol. The molecule has 0 aliphatic rings. The maximum atomic E-state index is 12.3. The van der Waals surface area contributed by atoms with E-state index in [1.807, 2.05) is 48.5 Å². The van der Waals surface area contributed by atoms with Crippen LogP contribution in [0.5, 0.6) is 0 Å². The summed E-state index contributed by atoms with van der Waals surface area (Å²) in [7, 11) is 0. The molecule has 0 saturated heterocycles. The van der Waals surface area contributed by atoms with Gasteiger partial charge in [-0.3, -0.25) is 0 Å². The predicted octanol–water partition coefficient (Wildman–Crippen LogP) is 4.67. The molecule has 23 heavy (non-hydrogen) atoms. The highest BCUT2D eigenvalue weighted by Gasteiger charge is 2.15. The van der Waals surface area contributed by atoms with Crippen LogP contribution in [0.1, 0.15) is 30.9 Å². The lowest BCUT2D eigenvalue weighted by atomic mass is 10.1. The molecule has 0 N–H and O–H groups in total. The van der Waals surface area contributed by atoms with Crippen LogP contribution in [0.25, 0.3) is 0 Å². The van der Waals surface area contributed by atoms with E-state index >= 15 is 0 Å². The fourth-order valence-electron chi connectivity index (χ4n) is 2.34. The Kier molecular flexibility index (Phi) is 7.18. The lowest BCUT2D eigenvalue weighted by Crippen LogP contribution is -2.33. The maximum absolute atomic E-state index is 12.3. The van der Waals surface area contributed by atoms with Crippen LogP contribution in [0, 0.1) is 0 Å². The van der Waals surface area contributed by atoms with E-state index in [-0.39, 0.29) is 6.09 Å². The van der Waals surface area contributed by atoms with Crippen LogP contribution in [0.3, 0.4) is 0 Å². The molecule has 0 aromatic heterocycles. The average molecular weight is 311 g/mol. The van der Waals surface area contributed by atoms with E-state index in [2.05, 4.69) is 19.1 Å². The molecule has 0 unspecified atom stereocenters. The molecule has 0 spiro atoms. The highest BCUT2D eigenvalue weighted by molar-refractivity contribution is 5.67. The van der Waals surface area contributed by atoms with Gasteiger partial charge in [0.05, 0.1) is 6.61 Å². The summed E-state index contributed by atoms with van der Waals surface area (Å²) in [6.07, 6.45) is 2.54. The van der Waals surface area contributed by atoms with Gasteiger partial charge in [-0.25, -0.2) is 4.79 Å². The third kappa shape index (κ3) is 6.15. The number of hydrogen-bond acceptors (Lipinski definition) is 2. The average Bonchev–Trinajstić information content (AvgIpc) is 2.60. The van der Waals surface area contributed by atoms with Gasteiger partial charge in [-0.2, -0.15) is 0 Å². The Labute approximate surface area is 138 Å². The fourth-order valence-corrected chi connectivity index (χ4v) is 2.34. The summed E-state index contributed by atoms with van der Waals surface area (Å²) in [4.78, 5) is 14.1. The van der Waals surface area contributed by atoms with Crippen molar-refractivity contribution in [1.82, 2.24) is 4.90 Å². The Hall–Kier alpha value is -2.29. The molecule has 0 bridgehead atoms. The van der Waals surface area contributed by atoms with Crippen LogP contribution < -0.4 is 0 Å². The topological polar surface area (TPSA) is 29.5 Å². The van der Waals surface area contributed by atoms with Crippen LogP contribution in [0.4, 0.5) is 4.79 Å². The standard InChI is InChI=1S/C20H25NO2/c1-2-3-16-23-20(22)21(17-19-12-8-5-9-13-19)15-14-18-10-6-4-7-11-18/h4-13H,2-3,14-17H2,1H3. The van der Waals surface area contributed by atoms with Crippen LogP contribution >= 0.6 is 0 Å². The molecule has 3 nitrogen and oxygen atoms in total. The van der Waals surface area contributed by atoms with Gasteiger partial charge in [0.25, 0.3) is 0 Å². The van der Waals surface area contributed by atoms with Crippen molar-refractivity contribution in [2.75, 3.05) is 13.2 Å². The van der Waals surface area contributed by atoms with Crippen LogP contribution in [-0.4, -0.2) is 24.1 Å². The van der Waals surface area contributed by atoms with E-state index in [9.17, 15) is 4.79 Å². The van der Waals surface area contributed by atoms with Gasteiger partial charge in [-0.05, 0) is 24.0 Å². The Bertz CT molecular complexity index is 569. The second-order valence-electron chi connectivity index (χ2n) is 5.61. The van der Waals surface area contributed by atoms with Crippen molar-refractivity contribution in [3.8, 4) is 0 Å². The Balaban J connectivity index is 1.96. The molecule has 3 heteroatoms. The highest BCUT2D eigenvalue weighted by atomic mass is 16.6. The first-order chi connectivity index (χ1) is 11.3. The zero-order chi connectivity index (χ0) is 16.3. The monoisotopic (exact) mass is 311 g/mol. The minimum absolute atomic E-state index is 0.224. The van der Waals surface area contributed by atoms with E-state index in [0.717, 1.165) is 24.8 Å². The largest absolute Gasteiger partial charge is 0.449 e. The summed E-state index contributed by atoms with van der Waals surface area (Å²) in [5.74, 6) is 0. The lowest BCUT2D eigenvalue weighted by Gasteiger charge is -2.22. The molecule has 0 aliphatic heterocycles. The zero-order valence-corrected chi connectivity index (χ0v) is 13.8. The van der Waals surface area contributed by atoms with Crippen molar-refractivity contribution in [3.05, 3.63) is 71.8 Å². The Morgan fingerprint density at radius 2 is 1.57 bits per heavy atom. The van der Waals surface area contributed by atoms with Gasteiger partial charge >= 0.3 is 6.09 Å². The van der Waals surface area contributed by atoms with Gasteiger partial charge in [0.15, 0.2) is 0 Å². The molecule has 0 fully saturated rings. The molecular formula is C20H25NO2. The van der Waals surface area contributed by atoms with Crippen LogP contribution in [0.2, 0.25) is 0 Å². The Morgan fingerprint density at radius 1 is 0.957 bits per heavy atom. The van der Waals surface area contributed by atoms with Crippen molar-refractivity contribution >= 4 is 6.09 Å². The van der Waals surface area contributed by atoms with E-state index in [1.54, 1.807) is 4.90 Å². The number of benzene rings is 2. The minimum atomic E-state index is -0.224. The number of nitrogens with zero attached hydrogens (tertiary/aromatic N) is 1. The molecule has 0 radical (unpaired) electrons.